The molecule has 2 aromatic carbocycles. The van der Waals surface area contributed by atoms with E-state index in [9.17, 15) is 10.1 Å². The molecule has 26 heavy (non-hydrogen) atoms. The summed E-state index contributed by atoms with van der Waals surface area (Å²) in [5, 5.41) is 13.0. The minimum absolute atomic E-state index is 0.000278. The van der Waals surface area contributed by atoms with Crippen molar-refractivity contribution in [1.29, 1.82) is 0 Å². The Morgan fingerprint density at radius 1 is 1.12 bits per heavy atom. The highest BCUT2D eigenvalue weighted by atomic mass is 32.1. The van der Waals surface area contributed by atoms with E-state index in [4.69, 9.17) is 11.5 Å². The number of nitrogens with two attached hydrogens (primary N) is 2. The summed E-state index contributed by atoms with van der Waals surface area (Å²) in [7, 11) is 0. The summed E-state index contributed by atoms with van der Waals surface area (Å²) < 4.78 is 0. The molecule has 0 aliphatic rings. The van der Waals surface area contributed by atoms with Crippen molar-refractivity contribution in [2.75, 3.05) is 0 Å². The van der Waals surface area contributed by atoms with Crippen molar-refractivity contribution < 1.29 is 4.92 Å². The third-order valence-electron chi connectivity index (χ3n) is 3.36. The van der Waals surface area contributed by atoms with Crippen molar-refractivity contribution in [3.8, 4) is 11.3 Å². The van der Waals surface area contributed by atoms with Crippen LogP contribution in [0.1, 0.15) is 5.56 Å². The molecular formula is C17H14N6O2S. The molecule has 0 amide bonds. The number of thiazole rings is 1. The normalized spacial score (nSPS) is 12.2. The molecule has 1 heterocycles. The van der Waals surface area contributed by atoms with Crippen molar-refractivity contribution in [3.63, 3.8) is 0 Å². The molecule has 0 atom stereocenters. The zero-order valence-electron chi connectivity index (χ0n) is 13.4. The maximum absolute atomic E-state index is 10.9. The lowest BCUT2D eigenvalue weighted by Gasteiger charge is -1.99. The van der Waals surface area contributed by atoms with Gasteiger partial charge < -0.3 is 11.5 Å². The van der Waals surface area contributed by atoms with E-state index in [1.165, 1.54) is 23.5 Å². The number of nitro benzene ring substituents is 1. The fraction of sp³-hybridized carbons (Fsp3) is 0. The molecule has 0 fully saturated rings. The Balaban J connectivity index is 1.82. The van der Waals surface area contributed by atoms with E-state index in [2.05, 4.69) is 15.0 Å². The Hall–Kier alpha value is -3.59. The van der Waals surface area contributed by atoms with Crippen molar-refractivity contribution in [2.24, 2.45) is 21.5 Å². The van der Waals surface area contributed by atoms with E-state index in [0.29, 0.717) is 16.4 Å². The number of amidine groups is 1. The second-order valence-corrected chi connectivity index (χ2v) is 5.99. The fourth-order valence-electron chi connectivity index (χ4n) is 2.15. The second kappa shape index (κ2) is 7.53. The largest absolute Gasteiger partial charge is 0.383 e. The van der Waals surface area contributed by atoms with E-state index < -0.39 is 4.92 Å². The van der Waals surface area contributed by atoms with Crippen LogP contribution >= 0.6 is 11.3 Å². The standard InChI is InChI=1S/C17H14N6O2S/c18-15(11-5-2-1-3-6-11)21-16(19)22-17-20-14(10-26-17)12-7-4-8-13(9-12)23(24)25/h1-10H,(H4,18,19,20,21,22). The van der Waals surface area contributed by atoms with Gasteiger partial charge in [-0.1, -0.05) is 42.5 Å². The molecule has 3 rings (SSSR count). The molecule has 0 unspecified atom stereocenters. The first kappa shape index (κ1) is 17.2. The number of benzene rings is 2. The molecule has 3 aromatic rings. The first-order valence-electron chi connectivity index (χ1n) is 7.47. The number of guanidine groups is 1. The van der Waals surface area contributed by atoms with Gasteiger partial charge in [0, 0.05) is 28.6 Å². The first-order chi connectivity index (χ1) is 12.5. The minimum atomic E-state index is -0.450. The summed E-state index contributed by atoms with van der Waals surface area (Å²) >= 11 is 1.25. The monoisotopic (exact) mass is 366 g/mol. The number of hydrogen-bond donors (Lipinski definition) is 2. The molecule has 1 aromatic heterocycles. The van der Waals surface area contributed by atoms with Crippen LogP contribution in [0.15, 0.2) is 70.0 Å². The van der Waals surface area contributed by atoms with E-state index in [0.717, 1.165) is 5.56 Å². The molecule has 9 heteroatoms. The predicted molar refractivity (Wildman–Crippen MR) is 103 cm³/mol. The van der Waals surface area contributed by atoms with Crippen LogP contribution in [0.5, 0.6) is 0 Å². The minimum Gasteiger partial charge on any atom is -0.383 e. The number of aromatic nitrogens is 1. The van der Waals surface area contributed by atoms with Crippen molar-refractivity contribution in [1.82, 2.24) is 4.98 Å². The van der Waals surface area contributed by atoms with Crippen LogP contribution < -0.4 is 11.5 Å². The van der Waals surface area contributed by atoms with Gasteiger partial charge in [0.2, 0.25) is 11.1 Å². The number of rotatable bonds is 4. The molecule has 4 N–H and O–H groups in total. The van der Waals surface area contributed by atoms with Crippen molar-refractivity contribution in [3.05, 3.63) is 75.7 Å². The number of aliphatic imine (C=N–C) groups is 2. The average molecular weight is 366 g/mol. The van der Waals surface area contributed by atoms with E-state index in [-0.39, 0.29) is 17.5 Å². The average Bonchev–Trinajstić information content (AvgIpc) is 3.10. The van der Waals surface area contributed by atoms with Gasteiger partial charge in [-0.15, -0.1) is 11.3 Å². The quantitative estimate of drug-likeness (QED) is 0.317. The summed E-state index contributed by atoms with van der Waals surface area (Å²) in [6, 6.07) is 15.4. The van der Waals surface area contributed by atoms with Crippen LogP contribution in [-0.4, -0.2) is 21.7 Å². The van der Waals surface area contributed by atoms with E-state index in [1.54, 1.807) is 17.5 Å². The summed E-state index contributed by atoms with van der Waals surface area (Å²) in [4.78, 5) is 22.9. The maximum atomic E-state index is 10.9. The summed E-state index contributed by atoms with van der Waals surface area (Å²) in [5.41, 5.74) is 13.7. The van der Waals surface area contributed by atoms with Gasteiger partial charge in [0.25, 0.3) is 5.69 Å². The van der Waals surface area contributed by atoms with Crippen molar-refractivity contribution >= 4 is 34.0 Å². The summed E-state index contributed by atoms with van der Waals surface area (Å²) in [6.45, 7) is 0. The SMILES string of the molecule is NC(=Nc1nc(-c2cccc([N+](=O)[O-])c2)cs1)N=C(N)c1ccccc1. The molecule has 8 nitrogen and oxygen atoms in total. The Bertz CT molecular complexity index is 997. The van der Waals surface area contributed by atoms with Crippen LogP contribution in [0.4, 0.5) is 10.8 Å². The molecule has 0 saturated carbocycles. The Morgan fingerprint density at radius 3 is 2.62 bits per heavy atom. The predicted octanol–water partition coefficient (Wildman–Crippen LogP) is 3.07. The molecule has 0 aliphatic heterocycles. The lowest BCUT2D eigenvalue weighted by Crippen LogP contribution is -2.19. The number of nitrogens with zero attached hydrogens (tertiary/aromatic N) is 4. The third kappa shape index (κ3) is 4.08. The van der Waals surface area contributed by atoms with Crippen LogP contribution in [-0.2, 0) is 0 Å². The third-order valence-corrected chi connectivity index (χ3v) is 4.09. The van der Waals surface area contributed by atoms with Crippen LogP contribution in [0.2, 0.25) is 0 Å². The van der Waals surface area contributed by atoms with Crippen LogP contribution in [0.3, 0.4) is 0 Å². The maximum Gasteiger partial charge on any atom is 0.270 e. The fourth-order valence-corrected chi connectivity index (χ4v) is 2.85. The lowest BCUT2D eigenvalue weighted by atomic mass is 10.1. The molecule has 0 bridgehead atoms. The topological polar surface area (TPSA) is 133 Å². The Morgan fingerprint density at radius 2 is 1.88 bits per heavy atom. The molecule has 130 valence electrons. The highest BCUT2D eigenvalue weighted by molar-refractivity contribution is 7.13. The van der Waals surface area contributed by atoms with Gasteiger partial charge in [-0.2, -0.15) is 9.98 Å². The lowest BCUT2D eigenvalue weighted by molar-refractivity contribution is -0.384. The molecular weight excluding hydrogens is 352 g/mol. The highest BCUT2D eigenvalue weighted by Crippen LogP contribution is 2.28. The molecule has 0 radical (unpaired) electrons. The van der Waals surface area contributed by atoms with Gasteiger partial charge in [-0.3, -0.25) is 10.1 Å². The number of non-ortho nitro benzene ring substituents is 1. The zero-order valence-corrected chi connectivity index (χ0v) is 14.3. The molecule has 0 aliphatic carbocycles. The van der Waals surface area contributed by atoms with Crippen molar-refractivity contribution in [2.45, 2.75) is 0 Å². The Kier molecular flexibility index (Phi) is 4.99. The first-order valence-corrected chi connectivity index (χ1v) is 8.35. The summed E-state index contributed by atoms with van der Waals surface area (Å²) in [5.74, 6) is 0.230. The van der Waals surface area contributed by atoms with Gasteiger partial charge in [-0.25, -0.2) is 4.98 Å². The van der Waals surface area contributed by atoms with Gasteiger partial charge in [0.1, 0.15) is 5.84 Å². The van der Waals surface area contributed by atoms with Crippen LogP contribution in [0.25, 0.3) is 11.3 Å². The number of nitro groups is 1. The molecule has 0 saturated heterocycles. The second-order valence-electron chi connectivity index (χ2n) is 5.16. The zero-order chi connectivity index (χ0) is 18.5. The number of hydrogen-bond acceptors (Lipinski definition) is 5. The van der Waals surface area contributed by atoms with Gasteiger partial charge in [-0.05, 0) is 0 Å². The van der Waals surface area contributed by atoms with Gasteiger partial charge in [0.15, 0.2) is 0 Å². The smallest absolute Gasteiger partial charge is 0.270 e. The summed E-state index contributed by atoms with van der Waals surface area (Å²) in [6.07, 6.45) is 0. The van der Waals surface area contributed by atoms with Gasteiger partial charge in [0.05, 0.1) is 10.6 Å². The Labute approximate surface area is 152 Å². The molecule has 0 spiro atoms. The van der Waals surface area contributed by atoms with E-state index in [1.807, 2.05) is 30.3 Å². The van der Waals surface area contributed by atoms with E-state index >= 15 is 0 Å². The van der Waals surface area contributed by atoms with Gasteiger partial charge >= 0.3 is 0 Å². The van der Waals surface area contributed by atoms with Crippen LogP contribution in [0, 0.1) is 10.1 Å². The highest BCUT2D eigenvalue weighted by Gasteiger charge is 2.10.